The second kappa shape index (κ2) is 16.0. The van der Waals surface area contributed by atoms with Crippen LogP contribution in [0, 0.1) is 10.8 Å². The van der Waals surface area contributed by atoms with E-state index < -0.39 is 64.5 Å². The Morgan fingerprint density at radius 3 is 1.85 bits per heavy atom. The van der Waals surface area contributed by atoms with Crippen molar-refractivity contribution in [3.05, 3.63) is 0 Å². The zero-order valence-electron chi connectivity index (χ0n) is 24.8. The highest BCUT2D eigenvalue weighted by molar-refractivity contribution is 8.14. The zero-order valence-corrected chi connectivity index (χ0v) is 25.6. The molecule has 40 heavy (non-hydrogen) atoms. The topological polar surface area (TPSA) is 156 Å². The van der Waals surface area contributed by atoms with Crippen LogP contribution in [0.5, 0.6) is 0 Å². The molecule has 0 aromatic carbocycles. The van der Waals surface area contributed by atoms with Crippen molar-refractivity contribution in [2.24, 2.45) is 10.8 Å². The molecule has 1 heterocycles. The fraction of sp³-hybridized carbons (Fsp3) is 0.808. The van der Waals surface area contributed by atoms with E-state index in [0.717, 1.165) is 13.1 Å². The predicted molar refractivity (Wildman–Crippen MR) is 145 cm³/mol. The molecule has 0 aromatic rings. The molecular weight excluding hydrogens is 548 g/mol. The first-order valence-electron chi connectivity index (χ1n) is 13.0. The molecule has 0 radical (unpaired) electrons. The molecule has 0 bridgehead atoms. The molecule has 1 fully saturated rings. The van der Waals surface area contributed by atoms with Crippen molar-refractivity contribution in [2.75, 3.05) is 53.0 Å². The minimum absolute atomic E-state index is 0.0839. The van der Waals surface area contributed by atoms with Crippen LogP contribution in [-0.2, 0) is 42.8 Å². The molecular formula is C26H44N2O11S. The molecule has 0 aromatic heterocycles. The van der Waals surface area contributed by atoms with Gasteiger partial charge in [0.05, 0.1) is 35.4 Å². The summed E-state index contributed by atoms with van der Waals surface area (Å²) in [4.78, 5) is 63.9. The summed E-state index contributed by atoms with van der Waals surface area (Å²) in [5.41, 5.74) is -1.57. The van der Waals surface area contributed by atoms with Crippen LogP contribution in [0.1, 0.15) is 61.8 Å². The standard InChI is InChI=1S/C26H44N2O11S/c1-24(2,3)20(30)36-16-38-22(32)27-18(19(29)35-13-9-10-28-11-14-34-15-12-28)26(7,8)40-23(33)39-17-37-21(31)25(4,5)6/h18H,9-17H2,1-8H3,(H,27,32)/t18-/m0/s1. The number of nitrogens with zero attached hydrogens (tertiary/aromatic N) is 1. The van der Waals surface area contributed by atoms with Crippen molar-refractivity contribution in [3.8, 4) is 0 Å². The molecule has 0 aliphatic carbocycles. The van der Waals surface area contributed by atoms with E-state index in [4.69, 9.17) is 28.4 Å². The number of rotatable bonds is 12. The molecule has 14 heteroatoms. The molecule has 0 saturated carbocycles. The lowest BCUT2D eigenvalue weighted by molar-refractivity contribution is -0.162. The average molecular weight is 593 g/mol. The van der Waals surface area contributed by atoms with Crippen LogP contribution in [0.3, 0.4) is 0 Å². The second-order valence-corrected chi connectivity index (χ2v) is 13.3. The first kappa shape index (κ1) is 35.4. The summed E-state index contributed by atoms with van der Waals surface area (Å²) >= 11 is 0.602. The van der Waals surface area contributed by atoms with Crippen LogP contribution in [-0.4, -0.2) is 98.0 Å². The summed E-state index contributed by atoms with van der Waals surface area (Å²) in [6.07, 6.45) is -0.501. The SMILES string of the molecule is CC(C)(C)C(=O)OCOC(=O)N[C@@H](C(=O)OCCCN1CCOCC1)C(C)(C)SC(=O)OCOC(=O)C(C)(C)C. The van der Waals surface area contributed by atoms with Gasteiger partial charge in [0.2, 0.25) is 13.6 Å². The normalized spacial score (nSPS) is 15.4. The molecule has 1 rings (SSSR count). The lowest BCUT2D eigenvalue weighted by atomic mass is 9.97. The van der Waals surface area contributed by atoms with Crippen LogP contribution in [0.25, 0.3) is 0 Å². The maximum Gasteiger partial charge on any atom is 0.410 e. The largest absolute Gasteiger partial charge is 0.464 e. The molecule has 230 valence electrons. The number of esters is 3. The third-order valence-electron chi connectivity index (χ3n) is 5.48. The molecule has 1 aliphatic rings. The summed E-state index contributed by atoms with van der Waals surface area (Å²) < 4.78 is 29.2. The van der Waals surface area contributed by atoms with Crippen LogP contribution in [0.15, 0.2) is 0 Å². The Hall–Kier alpha value is -2.58. The summed E-state index contributed by atoms with van der Waals surface area (Å²) in [7, 11) is 0. The van der Waals surface area contributed by atoms with Crippen molar-refractivity contribution < 1.29 is 52.4 Å². The van der Waals surface area contributed by atoms with Gasteiger partial charge >= 0.3 is 29.3 Å². The Morgan fingerprint density at radius 1 is 0.800 bits per heavy atom. The Morgan fingerprint density at radius 2 is 1.32 bits per heavy atom. The third-order valence-corrected chi connectivity index (χ3v) is 6.52. The number of nitrogens with one attached hydrogen (secondary N) is 1. The van der Waals surface area contributed by atoms with Crippen molar-refractivity contribution in [1.82, 2.24) is 10.2 Å². The van der Waals surface area contributed by atoms with Gasteiger partial charge in [-0.25, -0.2) is 14.4 Å². The van der Waals surface area contributed by atoms with Gasteiger partial charge < -0.3 is 33.7 Å². The van der Waals surface area contributed by atoms with Gasteiger partial charge in [0, 0.05) is 19.6 Å². The summed E-state index contributed by atoms with van der Waals surface area (Å²) in [6.45, 7) is 15.3. The molecule has 0 unspecified atom stereocenters. The van der Waals surface area contributed by atoms with E-state index in [0.29, 0.717) is 37.9 Å². The highest BCUT2D eigenvalue weighted by atomic mass is 32.2. The maximum atomic E-state index is 13.0. The minimum atomic E-state index is -1.35. The Bertz CT molecular complexity index is 875. The van der Waals surface area contributed by atoms with Gasteiger partial charge in [-0.3, -0.25) is 14.5 Å². The minimum Gasteiger partial charge on any atom is -0.464 e. The van der Waals surface area contributed by atoms with E-state index in [2.05, 4.69) is 10.2 Å². The summed E-state index contributed by atoms with van der Waals surface area (Å²) in [5.74, 6) is -1.93. The van der Waals surface area contributed by atoms with Gasteiger partial charge in [-0.05, 0) is 73.6 Å². The molecule has 1 saturated heterocycles. The monoisotopic (exact) mass is 592 g/mol. The molecule has 13 nitrogen and oxygen atoms in total. The average Bonchev–Trinajstić information content (AvgIpc) is 2.84. The number of amides is 1. The quantitative estimate of drug-likeness (QED) is 0.153. The second-order valence-electron chi connectivity index (χ2n) is 11.7. The Balaban J connectivity index is 2.76. The van der Waals surface area contributed by atoms with Crippen molar-refractivity contribution in [1.29, 1.82) is 0 Å². The first-order chi connectivity index (χ1) is 18.4. The molecule has 1 aliphatic heterocycles. The first-order valence-corrected chi connectivity index (χ1v) is 13.9. The van der Waals surface area contributed by atoms with Crippen molar-refractivity contribution >= 4 is 41.1 Å². The highest BCUT2D eigenvalue weighted by Crippen LogP contribution is 2.31. The van der Waals surface area contributed by atoms with E-state index in [1.54, 1.807) is 41.5 Å². The van der Waals surface area contributed by atoms with E-state index in [1.807, 2.05) is 0 Å². The number of alkyl carbamates (subject to hydrolysis) is 1. The van der Waals surface area contributed by atoms with Gasteiger partial charge in [0.1, 0.15) is 6.04 Å². The van der Waals surface area contributed by atoms with Crippen LogP contribution >= 0.6 is 11.8 Å². The fourth-order valence-corrected chi connectivity index (χ4v) is 3.86. The number of carbonyl (C=O) groups excluding carboxylic acids is 5. The third kappa shape index (κ3) is 13.7. The zero-order chi connectivity index (χ0) is 30.6. The number of ether oxygens (including phenoxy) is 6. The van der Waals surface area contributed by atoms with Crippen LogP contribution < -0.4 is 5.32 Å². The van der Waals surface area contributed by atoms with Crippen molar-refractivity contribution in [2.45, 2.75) is 72.6 Å². The molecule has 1 atom stereocenters. The number of hydrogen-bond acceptors (Lipinski definition) is 13. The van der Waals surface area contributed by atoms with Crippen LogP contribution in [0.2, 0.25) is 0 Å². The highest BCUT2D eigenvalue weighted by Gasteiger charge is 2.41. The van der Waals surface area contributed by atoms with Gasteiger partial charge in [-0.1, -0.05) is 0 Å². The lowest BCUT2D eigenvalue weighted by Gasteiger charge is -2.31. The van der Waals surface area contributed by atoms with Crippen molar-refractivity contribution in [3.63, 3.8) is 0 Å². The van der Waals surface area contributed by atoms with E-state index >= 15 is 0 Å². The Kier molecular flexibility index (Phi) is 14.2. The lowest BCUT2D eigenvalue weighted by Crippen LogP contribution is -2.54. The fourth-order valence-electron chi connectivity index (χ4n) is 3.05. The van der Waals surface area contributed by atoms with Gasteiger partial charge in [0.15, 0.2) is 0 Å². The summed E-state index contributed by atoms with van der Waals surface area (Å²) in [6, 6.07) is -1.35. The summed E-state index contributed by atoms with van der Waals surface area (Å²) in [5, 5.41) is 1.55. The van der Waals surface area contributed by atoms with E-state index in [1.165, 1.54) is 13.8 Å². The number of carbonyl (C=O) groups is 5. The van der Waals surface area contributed by atoms with Gasteiger partial charge in [-0.2, -0.15) is 0 Å². The molecule has 0 spiro atoms. The number of thioether (sulfide) groups is 1. The Labute approximate surface area is 240 Å². The van der Waals surface area contributed by atoms with E-state index in [9.17, 15) is 24.0 Å². The van der Waals surface area contributed by atoms with Crippen LogP contribution in [0.4, 0.5) is 9.59 Å². The number of morpholine rings is 1. The molecule has 1 amide bonds. The molecule has 1 N–H and O–H groups in total. The maximum absolute atomic E-state index is 13.0. The van der Waals surface area contributed by atoms with Gasteiger partial charge in [0.25, 0.3) is 0 Å². The predicted octanol–water partition coefficient (Wildman–Crippen LogP) is 3.09. The van der Waals surface area contributed by atoms with E-state index in [-0.39, 0.29) is 6.61 Å². The van der Waals surface area contributed by atoms with Gasteiger partial charge in [-0.15, -0.1) is 0 Å². The smallest absolute Gasteiger partial charge is 0.410 e. The number of hydrogen-bond donors (Lipinski definition) is 1.